The number of sulfone groups is 1. The number of aryl methyl sites for hydroxylation is 1. The van der Waals surface area contributed by atoms with E-state index in [-0.39, 0.29) is 23.8 Å². The fourth-order valence-electron chi connectivity index (χ4n) is 3.68. The van der Waals surface area contributed by atoms with Crippen molar-refractivity contribution in [2.45, 2.75) is 31.1 Å². The normalized spacial score (nSPS) is 12.3. The molecule has 0 unspecified atom stereocenters. The van der Waals surface area contributed by atoms with Crippen LogP contribution in [0.15, 0.2) is 83.5 Å². The molecule has 35 heavy (non-hydrogen) atoms. The predicted octanol–water partition coefficient (Wildman–Crippen LogP) is 3.53. The van der Waals surface area contributed by atoms with Crippen LogP contribution in [0, 0.1) is 0 Å². The van der Waals surface area contributed by atoms with Gasteiger partial charge in [-0.05, 0) is 42.2 Å². The molecule has 0 saturated heterocycles. The molecule has 0 aliphatic rings. The molecule has 180 valence electrons. The average Bonchev–Trinajstić information content (AvgIpc) is 3.30. The first-order valence-electron chi connectivity index (χ1n) is 11.2. The zero-order chi connectivity index (χ0) is 24.7. The van der Waals surface area contributed by atoms with E-state index in [4.69, 9.17) is 4.42 Å². The summed E-state index contributed by atoms with van der Waals surface area (Å²) in [5.41, 5.74) is 2.59. The Morgan fingerprint density at radius 1 is 0.943 bits per heavy atom. The van der Waals surface area contributed by atoms with E-state index in [1.165, 1.54) is 6.20 Å². The zero-order valence-electron chi connectivity index (χ0n) is 19.0. The molecular weight excluding hydrogens is 466 g/mol. The van der Waals surface area contributed by atoms with Gasteiger partial charge >= 0.3 is 0 Å². The van der Waals surface area contributed by atoms with Gasteiger partial charge in [0, 0.05) is 18.8 Å². The third kappa shape index (κ3) is 6.83. The molecule has 1 atom stereocenters. The second-order valence-electron chi connectivity index (χ2n) is 8.20. The Morgan fingerprint density at radius 3 is 2.43 bits per heavy atom. The summed E-state index contributed by atoms with van der Waals surface area (Å²) in [6, 6.07) is 19.0. The fraction of sp³-hybridized carbons (Fsp3) is 0.231. The van der Waals surface area contributed by atoms with Gasteiger partial charge in [-0.3, -0.25) is 14.6 Å². The minimum atomic E-state index is -3.53. The van der Waals surface area contributed by atoms with Crippen molar-refractivity contribution < 1.29 is 22.4 Å². The molecule has 8 nitrogen and oxygen atoms in total. The average molecular weight is 492 g/mol. The van der Waals surface area contributed by atoms with E-state index in [1.54, 1.807) is 42.6 Å². The number of amides is 1. The van der Waals surface area contributed by atoms with Gasteiger partial charge in [-0.2, -0.15) is 0 Å². The molecule has 0 spiro atoms. The quantitative estimate of drug-likeness (QED) is 0.319. The summed E-state index contributed by atoms with van der Waals surface area (Å²) in [5.74, 6) is -1.61. The molecule has 2 heterocycles. The molecule has 0 saturated carbocycles. The number of nitrogens with zero attached hydrogens (tertiary/aromatic N) is 2. The summed E-state index contributed by atoms with van der Waals surface area (Å²) in [5, 5.41) is 2.70. The second-order valence-corrected chi connectivity index (χ2v) is 10.4. The molecule has 4 aromatic rings. The Bertz CT molecular complexity index is 1370. The Hall–Kier alpha value is -3.85. The van der Waals surface area contributed by atoms with Gasteiger partial charge in [-0.1, -0.05) is 48.5 Å². The van der Waals surface area contributed by atoms with Gasteiger partial charge in [0.25, 0.3) is 5.89 Å². The van der Waals surface area contributed by atoms with Crippen LogP contribution in [-0.2, 0) is 26.8 Å². The standard InChI is InChI=1S/C26H25N3O5S/c30-24(14-16-35(32,33)18-20-9-6-15-27-17-20)28-22(13-12-19-7-2-1-3-8-19)25(31)26-29-21-10-4-5-11-23(21)34-26/h1-11,15,17,22H,12-14,16,18H2,(H,28,30)/t22-/m0/s1. The first kappa shape index (κ1) is 24.3. The zero-order valence-corrected chi connectivity index (χ0v) is 19.8. The third-order valence-electron chi connectivity index (χ3n) is 5.47. The number of rotatable bonds is 11. The molecule has 2 aromatic heterocycles. The Labute approximate surface area is 203 Å². The second kappa shape index (κ2) is 11.1. The van der Waals surface area contributed by atoms with Crippen molar-refractivity contribution in [3.8, 4) is 0 Å². The minimum absolute atomic E-state index is 0.0891. The SMILES string of the molecule is O=C(CCS(=O)(=O)Cc1cccnc1)N[C@@H](CCc1ccccc1)C(=O)c1nc2ccccc2o1. The highest BCUT2D eigenvalue weighted by Crippen LogP contribution is 2.18. The van der Waals surface area contributed by atoms with Crippen LogP contribution in [0.5, 0.6) is 0 Å². The van der Waals surface area contributed by atoms with E-state index in [0.717, 1.165) is 5.56 Å². The van der Waals surface area contributed by atoms with Crippen molar-refractivity contribution in [1.82, 2.24) is 15.3 Å². The largest absolute Gasteiger partial charge is 0.434 e. The third-order valence-corrected chi connectivity index (χ3v) is 7.07. The Kier molecular flexibility index (Phi) is 7.67. The Balaban J connectivity index is 1.44. The van der Waals surface area contributed by atoms with Crippen LogP contribution in [0.1, 0.15) is 34.7 Å². The molecule has 4 rings (SSSR count). The van der Waals surface area contributed by atoms with E-state index in [0.29, 0.717) is 29.5 Å². The fourth-order valence-corrected chi connectivity index (χ4v) is 4.99. The maximum absolute atomic E-state index is 13.2. The number of aromatic nitrogens is 2. The van der Waals surface area contributed by atoms with Gasteiger partial charge in [0.05, 0.1) is 17.5 Å². The number of fused-ring (bicyclic) bond motifs is 1. The van der Waals surface area contributed by atoms with Crippen LogP contribution in [0.2, 0.25) is 0 Å². The van der Waals surface area contributed by atoms with Crippen LogP contribution in [0.3, 0.4) is 0 Å². The highest BCUT2D eigenvalue weighted by molar-refractivity contribution is 7.90. The van der Waals surface area contributed by atoms with Crippen molar-refractivity contribution >= 4 is 32.6 Å². The van der Waals surface area contributed by atoms with Gasteiger partial charge in [0.15, 0.2) is 15.4 Å². The van der Waals surface area contributed by atoms with E-state index in [2.05, 4.69) is 15.3 Å². The number of benzene rings is 2. The number of Topliss-reactive ketones (excluding diaryl/α,β-unsaturated/α-hetero) is 1. The van der Waals surface area contributed by atoms with Crippen molar-refractivity contribution in [1.29, 1.82) is 0 Å². The van der Waals surface area contributed by atoms with Gasteiger partial charge in [0.2, 0.25) is 11.7 Å². The van der Waals surface area contributed by atoms with Crippen molar-refractivity contribution in [2.75, 3.05) is 5.75 Å². The van der Waals surface area contributed by atoms with Crippen LogP contribution in [0.4, 0.5) is 0 Å². The molecule has 0 aliphatic carbocycles. The molecular formula is C26H25N3O5S. The van der Waals surface area contributed by atoms with Crippen LogP contribution >= 0.6 is 0 Å². The number of carbonyl (C=O) groups excluding carboxylic acids is 2. The molecule has 0 bridgehead atoms. The van der Waals surface area contributed by atoms with E-state index >= 15 is 0 Å². The number of pyridine rings is 1. The van der Waals surface area contributed by atoms with Gasteiger partial charge in [0.1, 0.15) is 5.52 Å². The first-order valence-corrected chi connectivity index (χ1v) is 13.0. The van der Waals surface area contributed by atoms with E-state index in [9.17, 15) is 18.0 Å². The van der Waals surface area contributed by atoms with Crippen LogP contribution in [-0.4, -0.2) is 41.9 Å². The number of carbonyl (C=O) groups is 2. The monoisotopic (exact) mass is 491 g/mol. The molecule has 0 fully saturated rings. The lowest BCUT2D eigenvalue weighted by Gasteiger charge is -2.16. The lowest BCUT2D eigenvalue weighted by molar-refractivity contribution is -0.121. The number of ketones is 1. The predicted molar refractivity (Wildman–Crippen MR) is 131 cm³/mol. The molecule has 1 N–H and O–H groups in total. The van der Waals surface area contributed by atoms with Crippen molar-refractivity contribution in [2.24, 2.45) is 0 Å². The molecule has 9 heteroatoms. The lowest BCUT2D eigenvalue weighted by Crippen LogP contribution is -2.42. The summed E-state index contributed by atoms with van der Waals surface area (Å²) < 4.78 is 30.5. The van der Waals surface area contributed by atoms with Gasteiger partial charge in [-0.25, -0.2) is 13.4 Å². The molecule has 2 aromatic carbocycles. The Morgan fingerprint density at radius 2 is 1.69 bits per heavy atom. The number of nitrogens with one attached hydrogen (secondary N) is 1. The topological polar surface area (TPSA) is 119 Å². The number of oxazole rings is 1. The molecule has 0 aliphatic heterocycles. The van der Waals surface area contributed by atoms with Crippen molar-refractivity contribution in [3.05, 3.63) is 96.1 Å². The van der Waals surface area contributed by atoms with Crippen LogP contribution in [0.25, 0.3) is 11.1 Å². The summed E-state index contributed by atoms with van der Waals surface area (Å²) in [6.07, 6.45) is 3.64. The summed E-state index contributed by atoms with van der Waals surface area (Å²) in [6.45, 7) is 0. The summed E-state index contributed by atoms with van der Waals surface area (Å²) >= 11 is 0. The maximum Gasteiger partial charge on any atom is 0.266 e. The highest BCUT2D eigenvalue weighted by atomic mass is 32.2. The highest BCUT2D eigenvalue weighted by Gasteiger charge is 2.27. The van der Waals surface area contributed by atoms with Gasteiger partial charge in [-0.15, -0.1) is 0 Å². The number of para-hydroxylation sites is 2. The van der Waals surface area contributed by atoms with Crippen LogP contribution < -0.4 is 5.32 Å². The number of hydrogen-bond acceptors (Lipinski definition) is 7. The molecule has 0 radical (unpaired) electrons. The first-order chi connectivity index (χ1) is 16.9. The summed E-state index contributed by atoms with van der Waals surface area (Å²) in [7, 11) is -3.53. The smallest absolute Gasteiger partial charge is 0.266 e. The van der Waals surface area contributed by atoms with E-state index in [1.807, 2.05) is 30.3 Å². The van der Waals surface area contributed by atoms with Crippen molar-refractivity contribution in [3.63, 3.8) is 0 Å². The minimum Gasteiger partial charge on any atom is -0.434 e. The summed E-state index contributed by atoms with van der Waals surface area (Å²) in [4.78, 5) is 34.1. The molecule has 1 amide bonds. The van der Waals surface area contributed by atoms with E-state index < -0.39 is 27.6 Å². The maximum atomic E-state index is 13.2. The lowest BCUT2D eigenvalue weighted by atomic mass is 10.0. The van der Waals surface area contributed by atoms with Gasteiger partial charge < -0.3 is 9.73 Å². The number of hydrogen-bond donors (Lipinski definition) is 1.